The normalized spacial score (nSPS) is 25.9. The Kier molecular flexibility index (Phi) is 4.08. The van der Waals surface area contributed by atoms with Gasteiger partial charge in [0.25, 0.3) is 0 Å². The Morgan fingerprint density at radius 3 is 3.06 bits per heavy atom. The van der Waals surface area contributed by atoms with Crippen LogP contribution >= 0.6 is 12.4 Å². The van der Waals surface area contributed by atoms with Gasteiger partial charge in [-0.15, -0.1) is 12.4 Å². The standard InChI is InChI=1S/C14H19NO.ClH/c1-2-4-10-5-3-6-11-12-7-15-8-14(12)16-9-13(10)11;/h3,5-6,12,14-15H,2,4,7-9H2,1H3;1H. The molecular formula is C14H20ClNO. The van der Waals surface area contributed by atoms with Crippen LogP contribution in [0.3, 0.4) is 0 Å². The Labute approximate surface area is 109 Å². The molecule has 2 unspecified atom stereocenters. The van der Waals surface area contributed by atoms with Gasteiger partial charge in [-0.05, 0) is 23.1 Å². The maximum Gasteiger partial charge on any atom is 0.0784 e. The van der Waals surface area contributed by atoms with Gasteiger partial charge in [0.15, 0.2) is 0 Å². The minimum absolute atomic E-state index is 0. The monoisotopic (exact) mass is 253 g/mol. The number of fused-ring (bicyclic) bond motifs is 3. The Balaban J connectivity index is 0.00000108. The van der Waals surface area contributed by atoms with E-state index in [0.29, 0.717) is 12.0 Å². The number of aryl methyl sites for hydroxylation is 1. The average Bonchev–Trinajstić information content (AvgIpc) is 2.78. The third-order valence-electron chi connectivity index (χ3n) is 3.83. The number of hydrogen-bond acceptors (Lipinski definition) is 2. The van der Waals surface area contributed by atoms with Gasteiger partial charge < -0.3 is 10.1 Å². The van der Waals surface area contributed by atoms with Gasteiger partial charge in [-0.1, -0.05) is 31.5 Å². The molecule has 0 amide bonds. The van der Waals surface area contributed by atoms with E-state index in [1.807, 2.05) is 0 Å². The van der Waals surface area contributed by atoms with Crippen molar-refractivity contribution in [2.45, 2.75) is 38.4 Å². The van der Waals surface area contributed by atoms with Crippen LogP contribution in [-0.2, 0) is 17.8 Å². The zero-order valence-electron chi connectivity index (χ0n) is 10.2. The second-order valence-electron chi connectivity index (χ2n) is 4.85. The van der Waals surface area contributed by atoms with E-state index in [1.54, 1.807) is 0 Å². The first-order valence-electron chi connectivity index (χ1n) is 6.33. The van der Waals surface area contributed by atoms with E-state index in [-0.39, 0.29) is 12.4 Å². The van der Waals surface area contributed by atoms with Crippen molar-refractivity contribution in [1.29, 1.82) is 0 Å². The van der Waals surface area contributed by atoms with Crippen molar-refractivity contribution in [3.05, 3.63) is 34.9 Å². The van der Waals surface area contributed by atoms with Crippen molar-refractivity contribution in [3.63, 3.8) is 0 Å². The topological polar surface area (TPSA) is 21.3 Å². The first-order chi connectivity index (χ1) is 7.90. The lowest BCUT2D eigenvalue weighted by atomic mass is 9.86. The second-order valence-corrected chi connectivity index (χ2v) is 4.85. The Bertz CT molecular complexity index is 394. The summed E-state index contributed by atoms with van der Waals surface area (Å²) in [6, 6.07) is 6.76. The van der Waals surface area contributed by atoms with Crippen LogP contribution < -0.4 is 5.32 Å². The van der Waals surface area contributed by atoms with Gasteiger partial charge in [0, 0.05) is 19.0 Å². The first kappa shape index (κ1) is 12.9. The van der Waals surface area contributed by atoms with E-state index in [4.69, 9.17) is 4.74 Å². The van der Waals surface area contributed by atoms with Crippen molar-refractivity contribution >= 4 is 12.4 Å². The zero-order chi connectivity index (χ0) is 11.0. The molecule has 94 valence electrons. The average molecular weight is 254 g/mol. The molecule has 0 spiro atoms. The SMILES string of the molecule is CCCc1cccc2c1COC1CNCC21.Cl. The highest BCUT2D eigenvalue weighted by Gasteiger charge is 2.34. The summed E-state index contributed by atoms with van der Waals surface area (Å²) in [6.07, 6.45) is 2.80. The third kappa shape index (κ3) is 2.22. The molecule has 0 saturated carbocycles. The summed E-state index contributed by atoms with van der Waals surface area (Å²) in [7, 11) is 0. The minimum Gasteiger partial charge on any atom is -0.372 e. The van der Waals surface area contributed by atoms with Crippen LogP contribution in [0.5, 0.6) is 0 Å². The summed E-state index contributed by atoms with van der Waals surface area (Å²) >= 11 is 0. The third-order valence-corrected chi connectivity index (χ3v) is 3.83. The summed E-state index contributed by atoms with van der Waals surface area (Å²) in [5, 5.41) is 3.43. The molecule has 0 radical (unpaired) electrons. The molecule has 1 aromatic rings. The minimum atomic E-state index is 0. The summed E-state index contributed by atoms with van der Waals surface area (Å²) in [5.74, 6) is 0.584. The predicted octanol–water partition coefficient (Wildman–Crippen LogP) is 2.65. The molecule has 1 fully saturated rings. The van der Waals surface area contributed by atoms with Crippen LogP contribution in [0, 0.1) is 0 Å². The zero-order valence-corrected chi connectivity index (χ0v) is 11.1. The highest BCUT2D eigenvalue weighted by Crippen LogP contribution is 2.35. The number of rotatable bonds is 2. The van der Waals surface area contributed by atoms with Crippen LogP contribution in [0.15, 0.2) is 18.2 Å². The van der Waals surface area contributed by atoms with E-state index < -0.39 is 0 Å². The molecule has 1 saturated heterocycles. The van der Waals surface area contributed by atoms with Crippen molar-refractivity contribution in [2.24, 2.45) is 0 Å². The summed E-state index contributed by atoms with van der Waals surface area (Å²) in [6.45, 7) is 5.15. The van der Waals surface area contributed by atoms with Crippen LogP contribution in [0.2, 0.25) is 0 Å². The van der Waals surface area contributed by atoms with Gasteiger partial charge in [-0.3, -0.25) is 0 Å². The maximum absolute atomic E-state index is 5.95. The Morgan fingerprint density at radius 1 is 1.35 bits per heavy atom. The molecular weight excluding hydrogens is 234 g/mol. The van der Waals surface area contributed by atoms with E-state index in [9.17, 15) is 0 Å². The largest absolute Gasteiger partial charge is 0.372 e. The molecule has 0 aromatic heterocycles. The fraction of sp³-hybridized carbons (Fsp3) is 0.571. The molecule has 2 aliphatic heterocycles. The van der Waals surface area contributed by atoms with Crippen molar-refractivity contribution in [3.8, 4) is 0 Å². The molecule has 2 atom stereocenters. The van der Waals surface area contributed by atoms with Crippen LogP contribution in [0.4, 0.5) is 0 Å². The highest BCUT2D eigenvalue weighted by atomic mass is 35.5. The van der Waals surface area contributed by atoms with Gasteiger partial charge in [0.1, 0.15) is 0 Å². The molecule has 2 nitrogen and oxygen atoms in total. The predicted molar refractivity (Wildman–Crippen MR) is 71.9 cm³/mol. The van der Waals surface area contributed by atoms with Gasteiger partial charge in [0.2, 0.25) is 0 Å². The molecule has 0 bridgehead atoms. The van der Waals surface area contributed by atoms with E-state index >= 15 is 0 Å². The Morgan fingerprint density at radius 2 is 2.24 bits per heavy atom. The molecule has 17 heavy (non-hydrogen) atoms. The van der Waals surface area contributed by atoms with Crippen molar-refractivity contribution in [1.82, 2.24) is 5.32 Å². The van der Waals surface area contributed by atoms with Gasteiger partial charge in [0.05, 0.1) is 12.7 Å². The molecule has 1 aromatic carbocycles. The van der Waals surface area contributed by atoms with E-state index in [1.165, 1.54) is 29.5 Å². The highest BCUT2D eigenvalue weighted by molar-refractivity contribution is 5.85. The number of hydrogen-bond donors (Lipinski definition) is 1. The first-order valence-corrected chi connectivity index (χ1v) is 6.33. The van der Waals surface area contributed by atoms with Gasteiger partial charge >= 0.3 is 0 Å². The molecule has 3 heteroatoms. The van der Waals surface area contributed by atoms with Crippen LogP contribution in [-0.4, -0.2) is 19.2 Å². The fourth-order valence-corrected chi connectivity index (χ4v) is 3.01. The summed E-state index contributed by atoms with van der Waals surface area (Å²) in [4.78, 5) is 0. The van der Waals surface area contributed by atoms with Gasteiger partial charge in [-0.25, -0.2) is 0 Å². The lowest BCUT2D eigenvalue weighted by Gasteiger charge is -2.29. The van der Waals surface area contributed by atoms with E-state index in [2.05, 4.69) is 30.4 Å². The number of halogens is 1. The Hall–Kier alpha value is -0.570. The smallest absolute Gasteiger partial charge is 0.0784 e. The van der Waals surface area contributed by atoms with Crippen LogP contribution in [0.1, 0.15) is 36.0 Å². The molecule has 3 rings (SSSR count). The lowest BCUT2D eigenvalue weighted by Crippen LogP contribution is -2.27. The second kappa shape index (κ2) is 5.38. The summed E-state index contributed by atoms with van der Waals surface area (Å²) < 4.78 is 5.95. The van der Waals surface area contributed by atoms with Gasteiger partial charge in [-0.2, -0.15) is 0 Å². The number of ether oxygens (including phenoxy) is 1. The van der Waals surface area contributed by atoms with E-state index in [0.717, 1.165) is 19.7 Å². The summed E-state index contributed by atoms with van der Waals surface area (Å²) in [5.41, 5.74) is 4.49. The number of benzene rings is 1. The molecule has 1 N–H and O–H groups in total. The fourth-order valence-electron chi connectivity index (χ4n) is 3.01. The number of nitrogens with one attached hydrogen (secondary N) is 1. The van der Waals surface area contributed by atoms with Crippen LogP contribution in [0.25, 0.3) is 0 Å². The lowest BCUT2D eigenvalue weighted by molar-refractivity contribution is 0.0294. The molecule has 2 heterocycles. The maximum atomic E-state index is 5.95. The van der Waals surface area contributed by atoms with Crippen molar-refractivity contribution in [2.75, 3.05) is 13.1 Å². The molecule has 2 aliphatic rings. The molecule has 0 aliphatic carbocycles. The van der Waals surface area contributed by atoms with Crippen molar-refractivity contribution < 1.29 is 4.74 Å². The quantitative estimate of drug-likeness (QED) is 0.875.